The number of aromatic hydroxyl groups is 1. The van der Waals surface area contributed by atoms with Crippen molar-refractivity contribution in [1.82, 2.24) is 10.2 Å². The van der Waals surface area contributed by atoms with Gasteiger partial charge in [-0.15, -0.1) is 0 Å². The van der Waals surface area contributed by atoms with Gasteiger partial charge in [0.1, 0.15) is 5.75 Å². The van der Waals surface area contributed by atoms with Crippen molar-refractivity contribution in [2.75, 3.05) is 5.32 Å². The molecule has 0 atom stereocenters. The Morgan fingerprint density at radius 2 is 2.11 bits per heavy atom. The van der Waals surface area contributed by atoms with Gasteiger partial charge in [-0.3, -0.25) is 9.59 Å². The minimum Gasteiger partial charge on any atom is -0.507 e. The quantitative estimate of drug-likeness (QED) is 0.736. The van der Waals surface area contributed by atoms with E-state index in [2.05, 4.69) is 15.5 Å². The van der Waals surface area contributed by atoms with E-state index in [9.17, 15) is 14.7 Å². The van der Waals surface area contributed by atoms with Gasteiger partial charge >= 0.3 is 0 Å². The highest BCUT2D eigenvalue weighted by Gasteiger charge is 2.12. The highest BCUT2D eigenvalue weighted by molar-refractivity contribution is 6.05. The van der Waals surface area contributed by atoms with Crippen LogP contribution >= 0.6 is 0 Å². The van der Waals surface area contributed by atoms with Crippen LogP contribution in [0.3, 0.4) is 0 Å². The molecule has 0 radical (unpaired) electrons. The second-order valence-corrected chi connectivity index (χ2v) is 3.73. The van der Waals surface area contributed by atoms with Crippen LogP contribution < -0.4 is 10.9 Å². The molecule has 0 aliphatic rings. The summed E-state index contributed by atoms with van der Waals surface area (Å²) in [5.74, 6) is -0.351. The Morgan fingerprint density at radius 1 is 1.33 bits per heavy atom. The molecule has 0 unspecified atom stereocenters. The Bertz CT molecular complexity index is 629. The molecule has 0 aliphatic heterocycles. The second-order valence-electron chi connectivity index (χ2n) is 3.73. The fraction of sp³-hybridized carbons (Fsp3) is 0.0833. The molecule has 0 saturated heterocycles. The van der Waals surface area contributed by atoms with Crippen molar-refractivity contribution in [2.24, 2.45) is 0 Å². The highest BCUT2D eigenvalue weighted by Crippen LogP contribution is 2.21. The number of nitrogens with zero attached hydrogens (tertiary/aromatic N) is 1. The summed E-state index contributed by atoms with van der Waals surface area (Å²) in [7, 11) is 0. The molecule has 1 aromatic heterocycles. The molecule has 0 spiro atoms. The number of para-hydroxylation sites is 1. The van der Waals surface area contributed by atoms with Crippen molar-refractivity contribution in [1.29, 1.82) is 0 Å². The van der Waals surface area contributed by atoms with Gasteiger partial charge in [0.2, 0.25) is 0 Å². The first-order valence-electron chi connectivity index (χ1n) is 5.23. The monoisotopic (exact) mass is 245 g/mol. The molecule has 2 rings (SSSR count). The van der Waals surface area contributed by atoms with Crippen LogP contribution in [0, 0.1) is 6.92 Å². The largest absolute Gasteiger partial charge is 0.507 e. The summed E-state index contributed by atoms with van der Waals surface area (Å²) >= 11 is 0. The molecule has 0 fully saturated rings. The van der Waals surface area contributed by atoms with E-state index in [1.807, 2.05) is 0 Å². The fourth-order valence-electron chi connectivity index (χ4n) is 1.44. The van der Waals surface area contributed by atoms with Crippen LogP contribution in [0.4, 0.5) is 5.82 Å². The number of carbonyl (C=O) groups is 1. The van der Waals surface area contributed by atoms with Gasteiger partial charge in [0.25, 0.3) is 11.5 Å². The van der Waals surface area contributed by atoms with E-state index < -0.39 is 5.91 Å². The molecular formula is C12H11N3O3. The minimum absolute atomic E-state index is 0.0700. The zero-order chi connectivity index (χ0) is 13.1. The number of rotatable bonds is 2. The zero-order valence-corrected chi connectivity index (χ0v) is 9.60. The molecule has 1 aromatic carbocycles. The van der Waals surface area contributed by atoms with Gasteiger partial charge < -0.3 is 10.4 Å². The van der Waals surface area contributed by atoms with Crippen LogP contribution in [0.15, 0.2) is 35.1 Å². The number of H-pyrrole nitrogens is 1. The Balaban J connectivity index is 2.24. The van der Waals surface area contributed by atoms with Gasteiger partial charge in [-0.05, 0) is 24.6 Å². The number of anilines is 1. The lowest BCUT2D eigenvalue weighted by atomic mass is 10.1. The number of carbonyl (C=O) groups excluding carboxylic acids is 1. The van der Waals surface area contributed by atoms with Crippen molar-refractivity contribution >= 4 is 11.7 Å². The normalized spacial score (nSPS) is 10.1. The standard InChI is InChI=1S/C12H11N3O3/c1-7-3-2-4-8(11(7)17)12(18)13-9-5-6-10(16)15-14-9/h2-6,17H,1H3,(H,15,16)(H,13,14,18). The first kappa shape index (κ1) is 11.8. The van der Waals surface area contributed by atoms with Crippen molar-refractivity contribution in [3.05, 3.63) is 51.8 Å². The SMILES string of the molecule is Cc1cccc(C(=O)Nc2ccc(=O)[nH]n2)c1O. The molecule has 3 N–H and O–H groups in total. The summed E-state index contributed by atoms with van der Waals surface area (Å²) in [6, 6.07) is 7.50. The third-order valence-electron chi connectivity index (χ3n) is 2.40. The highest BCUT2D eigenvalue weighted by atomic mass is 16.3. The van der Waals surface area contributed by atoms with E-state index in [1.165, 1.54) is 18.2 Å². The Morgan fingerprint density at radius 3 is 2.78 bits per heavy atom. The van der Waals surface area contributed by atoms with Crippen LogP contribution in [0.5, 0.6) is 5.75 Å². The second kappa shape index (κ2) is 4.70. The number of aromatic nitrogens is 2. The molecule has 1 heterocycles. The average Bonchev–Trinajstić information content (AvgIpc) is 2.35. The third kappa shape index (κ3) is 2.37. The Kier molecular flexibility index (Phi) is 3.09. The lowest BCUT2D eigenvalue weighted by Crippen LogP contribution is -2.16. The zero-order valence-electron chi connectivity index (χ0n) is 9.60. The molecule has 92 valence electrons. The molecule has 0 bridgehead atoms. The van der Waals surface area contributed by atoms with E-state index in [0.29, 0.717) is 5.56 Å². The summed E-state index contributed by atoms with van der Waals surface area (Å²) in [4.78, 5) is 22.7. The number of aromatic amines is 1. The van der Waals surface area contributed by atoms with E-state index >= 15 is 0 Å². The number of hydrogen-bond donors (Lipinski definition) is 3. The maximum atomic E-state index is 11.9. The third-order valence-corrected chi connectivity index (χ3v) is 2.40. The van der Waals surface area contributed by atoms with E-state index in [4.69, 9.17) is 0 Å². The number of phenols is 1. The maximum Gasteiger partial charge on any atom is 0.264 e. The summed E-state index contributed by atoms with van der Waals surface area (Å²) < 4.78 is 0. The molecule has 0 aliphatic carbocycles. The van der Waals surface area contributed by atoms with Gasteiger partial charge in [0.05, 0.1) is 5.56 Å². The van der Waals surface area contributed by atoms with Crippen LogP contribution in [-0.2, 0) is 0 Å². The number of amides is 1. The fourth-order valence-corrected chi connectivity index (χ4v) is 1.44. The number of aryl methyl sites for hydroxylation is 1. The van der Waals surface area contributed by atoms with Gasteiger partial charge in [0.15, 0.2) is 5.82 Å². The van der Waals surface area contributed by atoms with Crippen molar-refractivity contribution in [3.8, 4) is 5.75 Å². The van der Waals surface area contributed by atoms with Crippen LogP contribution in [0.1, 0.15) is 15.9 Å². The number of hydrogen-bond acceptors (Lipinski definition) is 4. The molecular weight excluding hydrogens is 234 g/mol. The predicted octanol–water partition coefficient (Wildman–Crippen LogP) is 1.04. The number of benzene rings is 1. The lowest BCUT2D eigenvalue weighted by Gasteiger charge is -2.07. The summed E-state index contributed by atoms with van der Waals surface area (Å²) in [5.41, 5.74) is 0.409. The topological polar surface area (TPSA) is 95.1 Å². The van der Waals surface area contributed by atoms with Crippen LogP contribution in [0.2, 0.25) is 0 Å². The summed E-state index contributed by atoms with van der Waals surface area (Å²) in [5, 5.41) is 18.1. The Hall–Kier alpha value is -2.63. The van der Waals surface area contributed by atoms with E-state index in [1.54, 1.807) is 19.1 Å². The molecule has 2 aromatic rings. The molecule has 6 heteroatoms. The van der Waals surface area contributed by atoms with Crippen molar-refractivity contribution in [2.45, 2.75) is 6.92 Å². The molecule has 18 heavy (non-hydrogen) atoms. The first-order valence-corrected chi connectivity index (χ1v) is 5.23. The van der Waals surface area contributed by atoms with E-state index in [0.717, 1.165) is 0 Å². The van der Waals surface area contributed by atoms with Gasteiger partial charge in [0, 0.05) is 6.07 Å². The van der Waals surface area contributed by atoms with Crippen molar-refractivity contribution in [3.63, 3.8) is 0 Å². The number of phenolic OH excluding ortho intramolecular Hbond substituents is 1. The predicted molar refractivity (Wildman–Crippen MR) is 65.7 cm³/mol. The smallest absolute Gasteiger partial charge is 0.264 e. The molecule has 6 nitrogen and oxygen atoms in total. The summed E-state index contributed by atoms with van der Waals surface area (Å²) in [6.45, 7) is 1.70. The number of nitrogens with one attached hydrogen (secondary N) is 2. The maximum absolute atomic E-state index is 11.9. The summed E-state index contributed by atoms with van der Waals surface area (Å²) in [6.07, 6.45) is 0. The van der Waals surface area contributed by atoms with Gasteiger partial charge in [-0.25, -0.2) is 5.10 Å². The van der Waals surface area contributed by atoms with E-state index in [-0.39, 0.29) is 22.7 Å². The van der Waals surface area contributed by atoms with Gasteiger partial charge in [-0.2, -0.15) is 5.10 Å². The molecule has 1 amide bonds. The first-order chi connectivity index (χ1) is 8.58. The van der Waals surface area contributed by atoms with Crippen LogP contribution in [0.25, 0.3) is 0 Å². The van der Waals surface area contributed by atoms with Crippen LogP contribution in [-0.4, -0.2) is 21.2 Å². The molecule has 0 saturated carbocycles. The average molecular weight is 245 g/mol. The lowest BCUT2D eigenvalue weighted by molar-refractivity contribution is 0.102. The van der Waals surface area contributed by atoms with Crippen molar-refractivity contribution < 1.29 is 9.90 Å². The minimum atomic E-state index is -0.490. The van der Waals surface area contributed by atoms with Gasteiger partial charge in [-0.1, -0.05) is 12.1 Å². The Labute approximate surface area is 102 Å².